The molecule has 3 nitrogen and oxygen atoms in total. The molecular formula is C17H28N2OS. The van der Waals surface area contributed by atoms with Crippen molar-refractivity contribution in [1.29, 1.82) is 0 Å². The number of likely N-dealkylation sites (N-methyl/N-ethyl adjacent to an activating group) is 1. The summed E-state index contributed by atoms with van der Waals surface area (Å²) in [6.45, 7) is 10.2. The standard InChI is InChI=1S/C17H28N2OS/c1-2-19-8-3-5-16(19)12-18(11-15-7-9-20-14-15)13-17-6-4-10-21-17/h4,6,10,15-16H,2-3,5,7-9,11-14H2,1H3/t15-,16-/m1/s1. The summed E-state index contributed by atoms with van der Waals surface area (Å²) in [5, 5.41) is 2.19. The van der Waals surface area contributed by atoms with Crippen LogP contribution < -0.4 is 0 Å². The van der Waals surface area contributed by atoms with E-state index in [9.17, 15) is 0 Å². The average molecular weight is 308 g/mol. The smallest absolute Gasteiger partial charge is 0.0507 e. The lowest BCUT2D eigenvalue weighted by molar-refractivity contribution is 0.139. The Kier molecular flexibility index (Phi) is 5.69. The van der Waals surface area contributed by atoms with E-state index in [1.807, 2.05) is 11.3 Å². The minimum atomic E-state index is 0.737. The monoisotopic (exact) mass is 308 g/mol. The van der Waals surface area contributed by atoms with E-state index in [4.69, 9.17) is 4.74 Å². The molecule has 21 heavy (non-hydrogen) atoms. The zero-order valence-corrected chi connectivity index (χ0v) is 14.0. The Hall–Kier alpha value is -0.420. The second-order valence-corrected chi connectivity index (χ2v) is 7.46. The lowest BCUT2D eigenvalue weighted by Gasteiger charge is -2.31. The van der Waals surface area contributed by atoms with Gasteiger partial charge in [-0.3, -0.25) is 9.80 Å². The van der Waals surface area contributed by atoms with Gasteiger partial charge in [0.2, 0.25) is 0 Å². The first-order valence-electron chi connectivity index (χ1n) is 8.41. The maximum atomic E-state index is 5.57. The van der Waals surface area contributed by atoms with E-state index in [1.54, 1.807) is 0 Å². The lowest BCUT2D eigenvalue weighted by atomic mass is 10.1. The van der Waals surface area contributed by atoms with Crippen LogP contribution in [0.25, 0.3) is 0 Å². The number of likely N-dealkylation sites (tertiary alicyclic amines) is 1. The first-order valence-corrected chi connectivity index (χ1v) is 9.29. The molecule has 0 saturated carbocycles. The Bertz CT molecular complexity index is 403. The highest BCUT2D eigenvalue weighted by Gasteiger charge is 2.27. The van der Waals surface area contributed by atoms with Crippen LogP contribution in [0.4, 0.5) is 0 Å². The van der Waals surface area contributed by atoms with Crippen molar-refractivity contribution >= 4 is 11.3 Å². The Labute approximate surface area is 132 Å². The van der Waals surface area contributed by atoms with E-state index in [-0.39, 0.29) is 0 Å². The average Bonchev–Trinajstić information content (AvgIpc) is 3.20. The molecule has 0 N–H and O–H groups in total. The molecule has 0 aromatic carbocycles. The highest BCUT2D eigenvalue weighted by molar-refractivity contribution is 7.09. The minimum Gasteiger partial charge on any atom is -0.381 e. The molecule has 1 aromatic heterocycles. The van der Waals surface area contributed by atoms with Crippen molar-refractivity contribution < 1.29 is 4.74 Å². The maximum Gasteiger partial charge on any atom is 0.0507 e. The summed E-state index contributed by atoms with van der Waals surface area (Å²) in [5.74, 6) is 0.737. The highest BCUT2D eigenvalue weighted by Crippen LogP contribution is 2.22. The van der Waals surface area contributed by atoms with Crippen molar-refractivity contribution in [1.82, 2.24) is 9.80 Å². The summed E-state index contributed by atoms with van der Waals surface area (Å²) in [7, 11) is 0. The van der Waals surface area contributed by atoms with Crippen LogP contribution in [0.3, 0.4) is 0 Å². The molecule has 0 spiro atoms. The van der Waals surface area contributed by atoms with Gasteiger partial charge < -0.3 is 4.74 Å². The Morgan fingerprint density at radius 1 is 1.38 bits per heavy atom. The molecule has 0 aliphatic carbocycles. The van der Waals surface area contributed by atoms with Crippen molar-refractivity contribution in [2.45, 2.75) is 38.8 Å². The van der Waals surface area contributed by atoms with E-state index in [0.29, 0.717) is 0 Å². The number of hydrogen-bond acceptors (Lipinski definition) is 4. The van der Waals surface area contributed by atoms with Gasteiger partial charge in [0.25, 0.3) is 0 Å². The Morgan fingerprint density at radius 3 is 3.05 bits per heavy atom. The zero-order valence-electron chi connectivity index (χ0n) is 13.2. The van der Waals surface area contributed by atoms with Gasteiger partial charge in [-0.2, -0.15) is 0 Å². The molecule has 1 aromatic rings. The van der Waals surface area contributed by atoms with Gasteiger partial charge in [-0.1, -0.05) is 13.0 Å². The van der Waals surface area contributed by atoms with Crippen LogP contribution in [0.15, 0.2) is 17.5 Å². The molecule has 2 aliphatic rings. The van der Waals surface area contributed by atoms with E-state index in [1.165, 1.54) is 50.3 Å². The zero-order chi connectivity index (χ0) is 14.5. The van der Waals surface area contributed by atoms with Crippen LogP contribution in [-0.4, -0.2) is 55.2 Å². The first-order chi connectivity index (χ1) is 10.3. The fourth-order valence-corrected chi connectivity index (χ4v) is 4.48. The largest absolute Gasteiger partial charge is 0.381 e. The second-order valence-electron chi connectivity index (χ2n) is 6.43. The van der Waals surface area contributed by atoms with Gasteiger partial charge in [0.15, 0.2) is 0 Å². The second kappa shape index (κ2) is 7.73. The molecule has 2 saturated heterocycles. The van der Waals surface area contributed by atoms with Gasteiger partial charge in [0, 0.05) is 37.2 Å². The summed E-state index contributed by atoms with van der Waals surface area (Å²) < 4.78 is 5.57. The van der Waals surface area contributed by atoms with E-state index < -0.39 is 0 Å². The van der Waals surface area contributed by atoms with Crippen LogP contribution in [0, 0.1) is 5.92 Å². The molecule has 0 amide bonds. The molecule has 2 aliphatic heterocycles. The molecular weight excluding hydrogens is 280 g/mol. The third-order valence-electron chi connectivity index (χ3n) is 4.87. The Balaban J connectivity index is 1.59. The molecule has 0 bridgehead atoms. The summed E-state index contributed by atoms with van der Waals surface area (Å²) in [6.07, 6.45) is 3.98. The predicted molar refractivity (Wildman–Crippen MR) is 88.8 cm³/mol. The van der Waals surface area contributed by atoms with Crippen LogP contribution in [0.1, 0.15) is 31.1 Å². The third-order valence-corrected chi connectivity index (χ3v) is 5.74. The van der Waals surface area contributed by atoms with Gasteiger partial charge in [0.1, 0.15) is 0 Å². The molecule has 3 heterocycles. The van der Waals surface area contributed by atoms with Crippen molar-refractivity contribution in [3.8, 4) is 0 Å². The molecule has 3 rings (SSSR count). The molecule has 0 radical (unpaired) electrons. The van der Waals surface area contributed by atoms with Crippen molar-refractivity contribution in [3.05, 3.63) is 22.4 Å². The number of hydrogen-bond donors (Lipinski definition) is 0. The van der Waals surface area contributed by atoms with Gasteiger partial charge in [-0.25, -0.2) is 0 Å². The fraction of sp³-hybridized carbons (Fsp3) is 0.765. The van der Waals surface area contributed by atoms with Crippen molar-refractivity contribution in [2.75, 3.05) is 39.4 Å². The van der Waals surface area contributed by atoms with Crippen LogP contribution in [-0.2, 0) is 11.3 Å². The topological polar surface area (TPSA) is 15.7 Å². The summed E-state index contributed by atoms with van der Waals surface area (Å²) >= 11 is 1.89. The first kappa shape index (κ1) is 15.5. The molecule has 4 heteroatoms. The molecule has 118 valence electrons. The Morgan fingerprint density at radius 2 is 2.33 bits per heavy atom. The third kappa shape index (κ3) is 4.28. The van der Waals surface area contributed by atoms with Gasteiger partial charge in [0.05, 0.1) is 6.61 Å². The van der Waals surface area contributed by atoms with Crippen LogP contribution in [0.5, 0.6) is 0 Å². The van der Waals surface area contributed by atoms with Crippen LogP contribution in [0.2, 0.25) is 0 Å². The summed E-state index contributed by atoms with van der Waals surface area (Å²) in [6, 6.07) is 5.21. The quantitative estimate of drug-likeness (QED) is 0.770. The SMILES string of the molecule is CCN1CCC[C@@H]1CN(Cc1cccs1)C[C@H]1CCOC1. The van der Waals surface area contributed by atoms with E-state index in [2.05, 4.69) is 34.2 Å². The van der Waals surface area contributed by atoms with Crippen LogP contribution >= 0.6 is 11.3 Å². The molecule has 2 fully saturated rings. The lowest BCUT2D eigenvalue weighted by Crippen LogP contribution is -2.41. The summed E-state index contributed by atoms with van der Waals surface area (Å²) in [4.78, 5) is 6.84. The number of ether oxygens (including phenoxy) is 1. The summed E-state index contributed by atoms with van der Waals surface area (Å²) in [5.41, 5.74) is 0. The maximum absolute atomic E-state index is 5.57. The normalized spacial score (nSPS) is 27.0. The van der Waals surface area contributed by atoms with Gasteiger partial charge in [-0.05, 0) is 49.7 Å². The van der Waals surface area contributed by atoms with Crippen molar-refractivity contribution in [2.24, 2.45) is 5.92 Å². The molecule has 0 unspecified atom stereocenters. The fourth-order valence-electron chi connectivity index (χ4n) is 3.74. The molecule has 2 atom stereocenters. The number of thiophene rings is 1. The number of rotatable bonds is 7. The predicted octanol–water partition coefficient (Wildman–Crippen LogP) is 3.07. The highest BCUT2D eigenvalue weighted by atomic mass is 32.1. The number of nitrogens with zero attached hydrogens (tertiary/aromatic N) is 2. The van der Waals surface area contributed by atoms with E-state index in [0.717, 1.165) is 31.7 Å². The van der Waals surface area contributed by atoms with Gasteiger partial charge >= 0.3 is 0 Å². The van der Waals surface area contributed by atoms with Gasteiger partial charge in [-0.15, -0.1) is 11.3 Å². The van der Waals surface area contributed by atoms with E-state index >= 15 is 0 Å². The minimum absolute atomic E-state index is 0.737. The van der Waals surface area contributed by atoms with Crippen molar-refractivity contribution in [3.63, 3.8) is 0 Å².